The standard InChI is InChI=1S/C18H19FN6O3.ClH/c1-23-16-15(17(27)24(2)18(23)28)25(9-21-16)8-13(26)22-12-4-3-10-7-20-6-5-11(10)14(12)19;/h3-4,9,20H,5-8H2,1-2H3,(H,22,26);1H. The molecule has 0 fully saturated rings. The van der Waals surface area contributed by atoms with Crippen molar-refractivity contribution in [2.24, 2.45) is 14.1 Å². The smallest absolute Gasteiger partial charge is 0.322 e. The van der Waals surface area contributed by atoms with Crippen LogP contribution < -0.4 is 21.9 Å². The number of hydrogen-bond acceptors (Lipinski definition) is 5. The number of benzene rings is 1. The van der Waals surface area contributed by atoms with Crippen LogP contribution in [0.25, 0.3) is 11.2 Å². The monoisotopic (exact) mass is 422 g/mol. The Hall–Kier alpha value is -2.98. The van der Waals surface area contributed by atoms with Crippen LogP contribution in [0.2, 0.25) is 0 Å². The number of halogens is 2. The molecule has 0 spiro atoms. The molecule has 1 aliphatic heterocycles. The molecule has 0 radical (unpaired) electrons. The van der Waals surface area contributed by atoms with E-state index in [4.69, 9.17) is 0 Å². The SMILES string of the molecule is Cl.Cn1c(=O)c2c(ncn2CC(=O)Nc2ccc3c(c2F)CCNC3)n(C)c1=O. The summed E-state index contributed by atoms with van der Waals surface area (Å²) in [5.41, 5.74) is 0.870. The molecule has 0 saturated carbocycles. The first-order valence-corrected chi connectivity index (χ1v) is 8.80. The molecule has 0 unspecified atom stereocenters. The van der Waals surface area contributed by atoms with Gasteiger partial charge in [0.2, 0.25) is 5.91 Å². The van der Waals surface area contributed by atoms with Crippen LogP contribution in [0, 0.1) is 5.82 Å². The zero-order valence-electron chi connectivity index (χ0n) is 15.9. The Kier molecular flexibility index (Phi) is 5.58. The average molecular weight is 423 g/mol. The van der Waals surface area contributed by atoms with Crippen molar-refractivity contribution < 1.29 is 9.18 Å². The largest absolute Gasteiger partial charge is 0.332 e. The summed E-state index contributed by atoms with van der Waals surface area (Å²) >= 11 is 0. The van der Waals surface area contributed by atoms with Gasteiger partial charge in [-0.25, -0.2) is 14.2 Å². The highest BCUT2D eigenvalue weighted by Gasteiger charge is 2.19. The lowest BCUT2D eigenvalue weighted by molar-refractivity contribution is -0.116. The Bertz CT molecular complexity index is 1230. The van der Waals surface area contributed by atoms with Crippen molar-refractivity contribution in [2.75, 3.05) is 11.9 Å². The molecule has 0 atom stereocenters. The number of carbonyl (C=O) groups excluding carboxylic acids is 1. The number of anilines is 1. The molecule has 3 heterocycles. The molecule has 1 aliphatic rings. The van der Waals surface area contributed by atoms with Crippen LogP contribution in [-0.4, -0.2) is 31.1 Å². The molecular weight excluding hydrogens is 403 g/mol. The maximum Gasteiger partial charge on any atom is 0.332 e. The second kappa shape index (κ2) is 7.80. The molecule has 29 heavy (non-hydrogen) atoms. The van der Waals surface area contributed by atoms with Gasteiger partial charge >= 0.3 is 5.69 Å². The highest BCUT2D eigenvalue weighted by molar-refractivity contribution is 5.91. The molecule has 0 saturated heterocycles. The minimum atomic E-state index is -0.545. The molecule has 3 aromatic rings. The second-order valence-corrected chi connectivity index (χ2v) is 6.79. The van der Waals surface area contributed by atoms with Gasteiger partial charge in [0.15, 0.2) is 11.2 Å². The van der Waals surface area contributed by atoms with Crippen LogP contribution in [-0.2, 0) is 38.4 Å². The number of nitrogens with one attached hydrogen (secondary N) is 2. The quantitative estimate of drug-likeness (QED) is 0.631. The van der Waals surface area contributed by atoms with Crippen molar-refractivity contribution in [3.63, 3.8) is 0 Å². The summed E-state index contributed by atoms with van der Waals surface area (Å²) in [4.78, 5) is 41.0. The van der Waals surface area contributed by atoms with Gasteiger partial charge in [-0.15, -0.1) is 12.4 Å². The average Bonchev–Trinajstić information content (AvgIpc) is 3.10. The van der Waals surface area contributed by atoms with E-state index in [-0.39, 0.29) is 35.8 Å². The van der Waals surface area contributed by atoms with E-state index in [2.05, 4.69) is 15.6 Å². The third kappa shape index (κ3) is 3.45. The van der Waals surface area contributed by atoms with Gasteiger partial charge in [0.25, 0.3) is 5.56 Å². The van der Waals surface area contributed by atoms with Crippen LogP contribution in [0.1, 0.15) is 11.1 Å². The molecule has 0 aliphatic carbocycles. The molecule has 9 nitrogen and oxygen atoms in total. The van der Waals surface area contributed by atoms with Crippen molar-refractivity contribution in [3.05, 3.63) is 56.2 Å². The van der Waals surface area contributed by atoms with E-state index in [9.17, 15) is 18.8 Å². The fraction of sp³-hybridized carbons (Fsp3) is 0.333. The minimum absolute atomic E-state index is 0. The highest BCUT2D eigenvalue weighted by Crippen LogP contribution is 2.24. The molecule has 1 amide bonds. The Morgan fingerprint density at radius 3 is 2.79 bits per heavy atom. The van der Waals surface area contributed by atoms with Gasteiger partial charge in [-0.05, 0) is 30.2 Å². The minimum Gasteiger partial charge on any atom is -0.322 e. The molecule has 11 heteroatoms. The van der Waals surface area contributed by atoms with E-state index in [1.807, 2.05) is 0 Å². The maximum atomic E-state index is 14.7. The summed E-state index contributed by atoms with van der Waals surface area (Å²) in [6, 6.07) is 3.33. The van der Waals surface area contributed by atoms with Gasteiger partial charge in [0.1, 0.15) is 12.4 Å². The third-order valence-electron chi connectivity index (χ3n) is 5.01. The fourth-order valence-corrected chi connectivity index (χ4v) is 3.49. The normalized spacial score (nSPS) is 13.1. The van der Waals surface area contributed by atoms with Crippen LogP contribution in [0.3, 0.4) is 0 Å². The lowest BCUT2D eigenvalue weighted by Gasteiger charge is -2.19. The maximum absolute atomic E-state index is 14.7. The number of aromatic nitrogens is 4. The van der Waals surface area contributed by atoms with E-state index in [1.165, 1.54) is 35.6 Å². The van der Waals surface area contributed by atoms with Gasteiger partial charge in [0, 0.05) is 20.6 Å². The lowest BCUT2D eigenvalue weighted by atomic mass is 9.99. The molecular formula is C18H20ClFN6O3. The van der Waals surface area contributed by atoms with Gasteiger partial charge in [-0.3, -0.25) is 18.7 Å². The third-order valence-corrected chi connectivity index (χ3v) is 5.01. The molecule has 1 aromatic carbocycles. The number of hydrogen-bond donors (Lipinski definition) is 2. The summed E-state index contributed by atoms with van der Waals surface area (Å²) in [5, 5.41) is 5.74. The Morgan fingerprint density at radius 2 is 2.03 bits per heavy atom. The fourth-order valence-electron chi connectivity index (χ4n) is 3.49. The van der Waals surface area contributed by atoms with E-state index in [0.29, 0.717) is 25.1 Å². The van der Waals surface area contributed by atoms with Gasteiger partial charge in [-0.2, -0.15) is 0 Å². The van der Waals surface area contributed by atoms with E-state index < -0.39 is 23.0 Å². The molecule has 154 valence electrons. The van der Waals surface area contributed by atoms with E-state index in [1.54, 1.807) is 6.07 Å². The molecule has 0 bridgehead atoms. The van der Waals surface area contributed by atoms with Crippen molar-refractivity contribution in [1.29, 1.82) is 0 Å². The first kappa shape index (κ1) is 20.7. The zero-order chi connectivity index (χ0) is 20.0. The van der Waals surface area contributed by atoms with E-state index in [0.717, 1.165) is 10.1 Å². The van der Waals surface area contributed by atoms with Crippen molar-refractivity contribution in [2.45, 2.75) is 19.5 Å². The van der Waals surface area contributed by atoms with Gasteiger partial charge in [-0.1, -0.05) is 6.07 Å². The van der Waals surface area contributed by atoms with Crippen LogP contribution >= 0.6 is 12.4 Å². The number of carbonyl (C=O) groups is 1. The second-order valence-electron chi connectivity index (χ2n) is 6.79. The first-order valence-electron chi connectivity index (χ1n) is 8.80. The van der Waals surface area contributed by atoms with Crippen LogP contribution in [0.15, 0.2) is 28.0 Å². The predicted molar refractivity (Wildman–Crippen MR) is 108 cm³/mol. The molecule has 2 N–H and O–H groups in total. The summed E-state index contributed by atoms with van der Waals surface area (Å²) in [7, 11) is 2.86. The first-order chi connectivity index (χ1) is 13.4. The summed E-state index contributed by atoms with van der Waals surface area (Å²) in [6.45, 7) is 1.05. The van der Waals surface area contributed by atoms with Crippen LogP contribution in [0.4, 0.5) is 10.1 Å². The van der Waals surface area contributed by atoms with Crippen molar-refractivity contribution in [1.82, 2.24) is 24.0 Å². The number of rotatable bonds is 3. The Morgan fingerprint density at radius 1 is 1.28 bits per heavy atom. The Labute approximate surface area is 170 Å². The van der Waals surface area contributed by atoms with Crippen molar-refractivity contribution >= 4 is 35.2 Å². The van der Waals surface area contributed by atoms with Gasteiger partial charge < -0.3 is 15.2 Å². The van der Waals surface area contributed by atoms with Crippen LogP contribution in [0.5, 0.6) is 0 Å². The number of fused-ring (bicyclic) bond motifs is 2. The highest BCUT2D eigenvalue weighted by atomic mass is 35.5. The number of nitrogens with zero attached hydrogens (tertiary/aromatic N) is 4. The summed E-state index contributed by atoms with van der Waals surface area (Å²) in [6.07, 6.45) is 1.88. The zero-order valence-corrected chi connectivity index (χ0v) is 16.7. The topological polar surface area (TPSA) is 103 Å². The van der Waals surface area contributed by atoms with Crippen molar-refractivity contribution in [3.8, 4) is 0 Å². The summed E-state index contributed by atoms with van der Waals surface area (Å²) < 4.78 is 18.3. The molecule has 4 rings (SSSR count). The summed E-state index contributed by atoms with van der Waals surface area (Å²) in [5.74, 6) is -0.927. The van der Waals surface area contributed by atoms with Gasteiger partial charge in [0.05, 0.1) is 12.0 Å². The number of amides is 1. The Balaban J connectivity index is 0.00000240. The lowest BCUT2D eigenvalue weighted by Crippen LogP contribution is -2.37. The number of aryl methyl sites for hydroxylation is 1. The number of imidazole rings is 1. The van der Waals surface area contributed by atoms with E-state index >= 15 is 0 Å². The predicted octanol–water partition coefficient (Wildman–Crippen LogP) is 0.279. The molecule has 2 aromatic heterocycles.